The van der Waals surface area contributed by atoms with Gasteiger partial charge in [-0.2, -0.15) is 0 Å². The third kappa shape index (κ3) is 2.73. The molecule has 0 saturated carbocycles. The van der Waals surface area contributed by atoms with Crippen molar-refractivity contribution < 1.29 is 14.3 Å². The van der Waals surface area contributed by atoms with E-state index in [1.807, 2.05) is 12.1 Å². The number of benzene rings is 1. The second-order valence-corrected chi connectivity index (χ2v) is 4.77. The highest BCUT2D eigenvalue weighted by atomic mass is 16.6. The lowest BCUT2D eigenvalue weighted by Gasteiger charge is -2.20. The molecule has 2 rings (SSSR count). The SMILES string of the molecule is CC(C)c1ccc(C2CC(=O)OC(=O)C2)cc1. The third-order valence-corrected chi connectivity index (χ3v) is 3.13. The predicted octanol–water partition coefficient (Wildman–Crippen LogP) is 2.76. The van der Waals surface area contributed by atoms with Crippen LogP contribution in [0.25, 0.3) is 0 Å². The average Bonchev–Trinajstić information content (AvgIpc) is 2.28. The molecule has 1 saturated heterocycles. The summed E-state index contributed by atoms with van der Waals surface area (Å²) in [5.41, 5.74) is 2.30. The molecule has 0 aliphatic carbocycles. The average molecular weight is 232 g/mol. The van der Waals surface area contributed by atoms with Gasteiger partial charge in [-0.3, -0.25) is 9.59 Å². The van der Waals surface area contributed by atoms with Gasteiger partial charge in [-0.1, -0.05) is 38.1 Å². The van der Waals surface area contributed by atoms with Crippen molar-refractivity contribution in [2.45, 2.75) is 38.5 Å². The normalized spacial score (nSPS) is 17.4. The lowest BCUT2D eigenvalue weighted by Crippen LogP contribution is -2.24. The Hall–Kier alpha value is -1.64. The van der Waals surface area contributed by atoms with Gasteiger partial charge in [-0.25, -0.2) is 0 Å². The molecule has 0 aromatic heterocycles. The molecule has 1 aromatic rings. The van der Waals surface area contributed by atoms with Gasteiger partial charge in [0.05, 0.1) is 12.8 Å². The van der Waals surface area contributed by atoms with Crippen LogP contribution in [0.1, 0.15) is 49.7 Å². The van der Waals surface area contributed by atoms with Gasteiger partial charge in [0.15, 0.2) is 0 Å². The van der Waals surface area contributed by atoms with E-state index in [9.17, 15) is 9.59 Å². The van der Waals surface area contributed by atoms with Crippen LogP contribution >= 0.6 is 0 Å². The fourth-order valence-corrected chi connectivity index (χ4v) is 2.07. The Kier molecular flexibility index (Phi) is 3.27. The lowest BCUT2D eigenvalue weighted by molar-refractivity contribution is -0.163. The molecule has 17 heavy (non-hydrogen) atoms. The first kappa shape index (κ1) is 11.8. The zero-order chi connectivity index (χ0) is 12.4. The van der Waals surface area contributed by atoms with Gasteiger partial charge >= 0.3 is 11.9 Å². The summed E-state index contributed by atoms with van der Waals surface area (Å²) in [5.74, 6) is -0.370. The van der Waals surface area contributed by atoms with E-state index in [0.717, 1.165) is 5.56 Å². The number of esters is 2. The summed E-state index contributed by atoms with van der Waals surface area (Å²) in [6.45, 7) is 4.27. The second-order valence-electron chi connectivity index (χ2n) is 4.77. The van der Waals surface area contributed by atoms with Crippen molar-refractivity contribution in [3.8, 4) is 0 Å². The predicted molar refractivity (Wildman–Crippen MR) is 63.6 cm³/mol. The Labute approximate surface area is 101 Å². The van der Waals surface area contributed by atoms with Crippen LogP contribution in [0.5, 0.6) is 0 Å². The summed E-state index contributed by atoms with van der Waals surface area (Å²) in [5, 5.41) is 0. The molecule has 1 aliphatic rings. The summed E-state index contributed by atoms with van der Waals surface area (Å²) in [7, 11) is 0. The number of hydrogen-bond donors (Lipinski definition) is 0. The number of carbonyl (C=O) groups is 2. The standard InChI is InChI=1S/C14H16O3/c1-9(2)10-3-5-11(6-4-10)12-7-13(15)17-14(16)8-12/h3-6,9,12H,7-8H2,1-2H3. The van der Waals surface area contributed by atoms with Crippen molar-refractivity contribution in [2.75, 3.05) is 0 Å². The summed E-state index contributed by atoms with van der Waals surface area (Å²) >= 11 is 0. The highest BCUT2D eigenvalue weighted by Crippen LogP contribution is 2.29. The molecule has 0 N–H and O–H groups in total. The minimum atomic E-state index is -0.417. The van der Waals surface area contributed by atoms with Crippen LogP contribution in [0.4, 0.5) is 0 Å². The molecule has 1 fully saturated rings. The first-order chi connectivity index (χ1) is 8.06. The van der Waals surface area contributed by atoms with Crippen LogP contribution in [0.15, 0.2) is 24.3 Å². The van der Waals surface area contributed by atoms with Gasteiger partial charge in [0.25, 0.3) is 0 Å². The minimum Gasteiger partial charge on any atom is -0.393 e. The quantitative estimate of drug-likeness (QED) is 0.581. The first-order valence-corrected chi connectivity index (χ1v) is 5.89. The van der Waals surface area contributed by atoms with E-state index in [4.69, 9.17) is 0 Å². The molecule has 1 heterocycles. The van der Waals surface area contributed by atoms with E-state index >= 15 is 0 Å². The highest BCUT2D eigenvalue weighted by Gasteiger charge is 2.28. The van der Waals surface area contributed by atoms with E-state index in [-0.39, 0.29) is 5.92 Å². The molecule has 0 bridgehead atoms. The van der Waals surface area contributed by atoms with Gasteiger partial charge < -0.3 is 4.74 Å². The lowest BCUT2D eigenvalue weighted by atomic mass is 9.89. The number of cyclic esters (lactones) is 2. The van der Waals surface area contributed by atoms with Crippen LogP contribution in [-0.2, 0) is 14.3 Å². The fourth-order valence-electron chi connectivity index (χ4n) is 2.07. The fraction of sp³-hybridized carbons (Fsp3) is 0.429. The molecule has 0 amide bonds. The number of rotatable bonds is 2. The molecule has 0 atom stereocenters. The molecule has 90 valence electrons. The molecule has 0 spiro atoms. The maximum Gasteiger partial charge on any atom is 0.314 e. The van der Waals surface area contributed by atoms with Gasteiger partial charge in [-0.15, -0.1) is 0 Å². The highest BCUT2D eigenvalue weighted by molar-refractivity contribution is 5.89. The van der Waals surface area contributed by atoms with Crippen molar-refractivity contribution >= 4 is 11.9 Å². The molecule has 0 radical (unpaired) electrons. The zero-order valence-electron chi connectivity index (χ0n) is 10.1. The summed E-state index contributed by atoms with van der Waals surface area (Å²) in [6, 6.07) is 8.13. The van der Waals surface area contributed by atoms with Gasteiger partial charge in [-0.05, 0) is 17.0 Å². The third-order valence-electron chi connectivity index (χ3n) is 3.13. The van der Waals surface area contributed by atoms with Gasteiger partial charge in [0.2, 0.25) is 0 Å². The molecular formula is C14H16O3. The topological polar surface area (TPSA) is 43.4 Å². The summed E-state index contributed by atoms with van der Waals surface area (Å²) in [4.78, 5) is 22.4. The summed E-state index contributed by atoms with van der Waals surface area (Å²) < 4.78 is 4.52. The zero-order valence-corrected chi connectivity index (χ0v) is 10.1. The van der Waals surface area contributed by atoms with E-state index in [2.05, 4.69) is 30.7 Å². The van der Waals surface area contributed by atoms with E-state index < -0.39 is 11.9 Å². The van der Waals surface area contributed by atoms with Crippen LogP contribution in [0, 0.1) is 0 Å². The van der Waals surface area contributed by atoms with E-state index in [1.54, 1.807) is 0 Å². The van der Waals surface area contributed by atoms with Crippen molar-refractivity contribution in [2.24, 2.45) is 0 Å². The molecular weight excluding hydrogens is 216 g/mol. The van der Waals surface area contributed by atoms with Crippen LogP contribution < -0.4 is 0 Å². The van der Waals surface area contributed by atoms with Gasteiger partial charge in [0.1, 0.15) is 0 Å². The largest absolute Gasteiger partial charge is 0.393 e. The summed E-state index contributed by atoms with van der Waals surface area (Å²) in [6.07, 6.45) is 0.597. The van der Waals surface area contributed by atoms with Crippen LogP contribution in [0.3, 0.4) is 0 Å². The number of carbonyl (C=O) groups excluding carboxylic acids is 2. The Morgan fingerprint density at radius 2 is 1.59 bits per heavy atom. The van der Waals surface area contributed by atoms with E-state index in [1.165, 1.54) is 5.56 Å². The smallest absolute Gasteiger partial charge is 0.314 e. The molecule has 1 aliphatic heterocycles. The Balaban J connectivity index is 2.16. The molecule has 0 unspecified atom stereocenters. The van der Waals surface area contributed by atoms with Crippen molar-refractivity contribution in [3.05, 3.63) is 35.4 Å². The molecule has 3 heteroatoms. The maximum atomic E-state index is 11.2. The van der Waals surface area contributed by atoms with Crippen LogP contribution in [0.2, 0.25) is 0 Å². The second kappa shape index (κ2) is 4.70. The van der Waals surface area contributed by atoms with Crippen molar-refractivity contribution in [1.29, 1.82) is 0 Å². The molecule has 1 aromatic carbocycles. The maximum absolute atomic E-state index is 11.2. The van der Waals surface area contributed by atoms with Crippen molar-refractivity contribution in [3.63, 3.8) is 0 Å². The number of hydrogen-bond acceptors (Lipinski definition) is 3. The minimum absolute atomic E-state index is 0.0232. The molecule has 3 nitrogen and oxygen atoms in total. The Morgan fingerprint density at radius 3 is 2.06 bits per heavy atom. The Morgan fingerprint density at radius 1 is 1.06 bits per heavy atom. The number of ether oxygens (including phenoxy) is 1. The van der Waals surface area contributed by atoms with Crippen molar-refractivity contribution in [1.82, 2.24) is 0 Å². The van der Waals surface area contributed by atoms with Gasteiger partial charge in [0, 0.05) is 5.92 Å². The van der Waals surface area contributed by atoms with Crippen LogP contribution in [-0.4, -0.2) is 11.9 Å². The first-order valence-electron chi connectivity index (χ1n) is 5.89. The Bertz CT molecular complexity index is 415. The monoisotopic (exact) mass is 232 g/mol. The van der Waals surface area contributed by atoms with E-state index in [0.29, 0.717) is 18.8 Å².